The third-order valence-electron chi connectivity index (χ3n) is 3.31. The summed E-state index contributed by atoms with van der Waals surface area (Å²) in [4.78, 5) is 16.1. The number of nitrogens with one attached hydrogen (secondary N) is 1. The van der Waals surface area contributed by atoms with E-state index in [0.717, 1.165) is 0 Å². The van der Waals surface area contributed by atoms with Crippen LogP contribution >= 0.6 is 0 Å². The molecule has 0 saturated carbocycles. The lowest BCUT2D eigenvalue weighted by atomic mass is 10.2. The Morgan fingerprint density at radius 3 is 3.00 bits per heavy atom. The maximum atomic E-state index is 13.6. The number of halogens is 1. The van der Waals surface area contributed by atoms with Gasteiger partial charge in [0.1, 0.15) is 24.7 Å². The predicted octanol–water partition coefficient (Wildman–Crippen LogP) is 1.67. The summed E-state index contributed by atoms with van der Waals surface area (Å²) >= 11 is 0. The highest BCUT2D eigenvalue weighted by Crippen LogP contribution is 2.26. The first-order chi connectivity index (χ1) is 11.6. The van der Waals surface area contributed by atoms with E-state index in [4.69, 9.17) is 9.47 Å². The Balaban J connectivity index is 2.07. The molecule has 2 aromatic heterocycles. The van der Waals surface area contributed by atoms with E-state index in [1.807, 2.05) is 0 Å². The van der Waals surface area contributed by atoms with Crippen molar-refractivity contribution >= 4 is 16.9 Å². The fraction of sp³-hybridized carbons (Fsp3) is 0.333. The van der Waals surface area contributed by atoms with Crippen LogP contribution in [0.3, 0.4) is 0 Å². The van der Waals surface area contributed by atoms with Gasteiger partial charge in [0.25, 0.3) is 0 Å². The number of carbonyl (C=O) groups excluding carboxylic acids is 1. The van der Waals surface area contributed by atoms with E-state index in [9.17, 15) is 9.18 Å². The van der Waals surface area contributed by atoms with Crippen LogP contribution in [-0.2, 0) is 27.4 Å². The maximum Gasteiger partial charge on any atom is 0.327 e. The maximum absolute atomic E-state index is 13.6. The monoisotopic (exact) mass is 333 g/mol. The van der Waals surface area contributed by atoms with Crippen molar-refractivity contribution in [2.45, 2.75) is 20.1 Å². The average molecular weight is 333 g/mol. The van der Waals surface area contributed by atoms with Crippen LogP contribution in [0, 0.1) is 5.82 Å². The molecule has 2 heterocycles. The lowest BCUT2D eigenvalue weighted by Crippen LogP contribution is -2.15. The van der Waals surface area contributed by atoms with Crippen molar-refractivity contribution in [3.05, 3.63) is 29.8 Å². The number of ether oxygens (including phenoxy) is 2. The second kappa shape index (κ2) is 6.75. The van der Waals surface area contributed by atoms with Crippen LogP contribution in [0.2, 0.25) is 0 Å². The summed E-state index contributed by atoms with van der Waals surface area (Å²) in [5, 5.41) is 11.8. The van der Waals surface area contributed by atoms with Crippen molar-refractivity contribution in [2.75, 3.05) is 13.7 Å². The standard InChI is InChI=1S/C15H16FN5O3/c1-3-24-13(22)7-21-15(17-12(20-21)8-23-2)14-10-6-9(16)4-5-11(10)18-19-14/h4-6H,3,7-8H2,1-2H3,(H,18,19). The lowest BCUT2D eigenvalue weighted by Gasteiger charge is -2.04. The molecule has 0 unspecified atom stereocenters. The second-order valence-corrected chi connectivity index (χ2v) is 5.01. The molecule has 8 nitrogen and oxygen atoms in total. The molecule has 0 aliphatic carbocycles. The van der Waals surface area contributed by atoms with Crippen molar-refractivity contribution in [1.82, 2.24) is 25.0 Å². The number of hydrogen-bond acceptors (Lipinski definition) is 6. The number of aromatic amines is 1. The molecule has 24 heavy (non-hydrogen) atoms. The molecule has 0 aliphatic heterocycles. The number of esters is 1. The SMILES string of the molecule is CCOC(=O)Cn1nc(COC)nc1-c1n[nH]c2ccc(F)cc12. The van der Waals surface area contributed by atoms with Gasteiger partial charge in [0.2, 0.25) is 0 Å². The molecule has 3 rings (SSSR count). The Bertz CT molecular complexity index is 873. The van der Waals surface area contributed by atoms with Crippen molar-refractivity contribution < 1.29 is 18.7 Å². The van der Waals surface area contributed by atoms with E-state index in [-0.39, 0.29) is 19.8 Å². The number of fused-ring (bicyclic) bond motifs is 1. The number of nitrogens with zero attached hydrogens (tertiary/aromatic N) is 4. The Hall–Kier alpha value is -2.81. The van der Waals surface area contributed by atoms with E-state index in [1.165, 1.54) is 23.9 Å². The van der Waals surface area contributed by atoms with Crippen LogP contribution < -0.4 is 0 Å². The van der Waals surface area contributed by atoms with Crippen molar-refractivity contribution in [3.63, 3.8) is 0 Å². The summed E-state index contributed by atoms with van der Waals surface area (Å²) in [6, 6.07) is 4.28. The summed E-state index contributed by atoms with van der Waals surface area (Å²) in [6.07, 6.45) is 0. The van der Waals surface area contributed by atoms with E-state index in [1.54, 1.807) is 13.0 Å². The fourth-order valence-electron chi connectivity index (χ4n) is 2.35. The lowest BCUT2D eigenvalue weighted by molar-refractivity contribution is -0.144. The van der Waals surface area contributed by atoms with Crippen LogP contribution in [-0.4, -0.2) is 44.6 Å². The van der Waals surface area contributed by atoms with Gasteiger partial charge in [0.15, 0.2) is 11.6 Å². The Labute approximate surface area is 136 Å². The molecule has 3 aromatic rings. The topological polar surface area (TPSA) is 94.9 Å². The first kappa shape index (κ1) is 16.1. The largest absolute Gasteiger partial charge is 0.465 e. The van der Waals surface area contributed by atoms with E-state index in [2.05, 4.69) is 20.3 Å². The van der Waals surface area contributed by atoms with Gasteiger partial charge in [-0.1, -0.05) is 0 Å². The Morgan fingerprint density at radius 1 is 1.42 bits per heavy atom. The van der Waals surface area contributed by atoms with Gasteiger partial charge >= 0.3 is 5.97 Å². The van der Waals surface area contributed by atoms with Gasteiger partial charge in [-0.3, -0.25) is 9.89 Å². The number of aromatic nitrogens is 5. The zero-order valence-corrected chi connectivity index (χ0v) is 13.2. The molecule has 0 bridgehead atoms. The van der Waals surface area contributed by atoms with Gasteiger partial charge in [-0.25, -0.2) is 14.1 Å². The van der Waals surface area contributed by atoms with Gasteiger partial charge < -0.3 is 9.47 Å². The van der Waals surface area contributed by atoms with Crippen LogP contribution in [0.4, 0.5) is 4.39 Å². The first-order valence-corrected chi connectivity index (χ1v) is 7.34. The molecular weight excluding hydrogens is 317 g/mol. The zero-order valence-electron chi connectivity index (χ0n) is 13.2. The van der Waals surface area contributed by atoms with Gasteiger partial charge in [-0.2, -0.15) is 10.2 Å². The number of hydrogen-bond donors (Lipinski definition) is 1. The molecule has 9 heteroatoms. The van der Waals surface area contributed by atoms with Crippen molar-refractivity contribution in [2.24, 2.45) is 0 Å². The molecule has 1 aromatic carbocycles. The van der Waals surface area contributed by atoms with Crippen LogP contribution in [0.15, 0.2) is 18.2 Å². The van der Waals surface area contributed by atoms with Crippen molar-refractivity contribution in [3.8, 4) is 11.5 Å². The normalized spacial score (nSPS) is 11.1. The first-order valence-electron chi connectivity index (χ1n) is 7.34. The fourth-order valence-corrected chi connectivity index (χ4v) is 2.35. The molecule has 0 amide bonds. The number of rotatable bonds is 6. The minimum Gasteiger partial charge on any atom is -0.465 e. The summed E-state index contributed by atoms with van der Waals surface area (Å²) in [7, 11) is 1.52. The third kappa shape index (κ3) is 3.11. The molecule has 0 radical (unpaired) electrons. The summed E-state index contributed by atoms with van der Waals surface area (Å²) < 4.78 is 24.9. The zero-order chi connectivity index (χ0) is 17.1. The van der Waals surface area contributed by atoms with Crippen molar-refractivity contribution in [1.29, 1.82) is 0 Å². The molecule has 0 fully saturated rings. The van der Waals surface area contributed by atoms with E-state index >= 15 is 0 Å². The molecule has 1 N–H and O–H groups in total. The van der Waals surface area contributed by atoms with Gasteiger partial charge in [0, 0.05) is 12.5 Å². The third-order valence-corrected chi connectivity index (χ3v) is 3.31. The Morgan fingerprint density at radius 2 is 2.25 bits per heavy atom. The van der Waals surface area contributed by atoms with Gasteiger partial charge in [0.05, 0.1) is 12.1 Å². The van der Waals surface area contributed by atoms with E-state index < -0.39 is 11.8 Å². The highest BCUT2D eigenvalue weighted by Gasteiger charge is 2.20. The van der Waals surface area contributed by atoms with Crippen LogP contribution in [0.1, 0.15) is 12.7 Å². The smallest absolute Gasteiger partial charge is 0.327 e. The highest BCUT2D eigenvalue weighted by molar-refractivity contribution is 5.91. The Kier molecular flexibility index (Phi) is 4.52. The average Bonchev–Trinajstić information content (AvgIpc) is 3.11. The minimum absolute atomic E-state index is 0.121. The molecular formula is C15H16FN5O3. The minimum atomic E-state index is -0.446. The number of carbonyl (C=O) groups is 1. The highest BCUT2D eigenvalue weighted by atomic mass is 19.1. The van der Waals surface area contributed by atoms with E-state index in [0.29, 0.717) is 28.2 Å². The summed E-state index contributed by atoms with van der Waals surface area (Å²) in [6.45, 7) is 2.05. The van der Waals surface area contributed by atoms with Gasteiger partial charge in [-0.05, 0) is 25.1 Å². The number of methoxy groups -OCH3 is 1. The van der Waals surface area contributed by atoms with Crippen LogP contribution in [0.25, 0.3) is 22.4 Å². The molecule has 0 atom stereocenters. The van der Waals surface area contributed by atoms with Crippen LogP contribution in [0.5, 0.6) is 0 Å². The molecule has 0 aliphatic rings. The van der Waals surface area contributed by atoms with Gasteiger partial charge in [-0.15, -0.1) is 0 Å². The molecule has 0 spiro atoms. The molecule has 126 valence electrons. The molecule has 0 saturated heterocycles. The number of benzene rings is 1. The second-order valence-electron chi connectivity index (χ2n) is 5.01. The predicted molar refractivity (Wildman–Crippen MR) is 82.4 cm³/mol. The summed E-state index contributed by atoms with van der Waals surface area (Å²) in [5.74, 6) is -0.103. The summed E-state index contributed by atoms with van der Waals surface area (Å²) in [5.41, 5.74) is 1.06. The quantitative estimate of drug-likeness (QED) is 0.690. The number of H-pyrrole nitrogens is 1.